The average molecular weight is 301 g/mol. The SMILES string of the molecule is Cc1cc(NC(=O)C2CCC2)n(-c2nc(C)c(C)c(=O)[nH]2)n1. The molecule has 0 bridgehead atoms. The van der Waals surface area contributed by atoms with E-state index in [0.717, 1.165) is 25.0 Å². The Morgan fingerprint density at radius 1 is 1.36 bits per heavy atom. The first kappa shape index (κ1) is 14.5. The second-order valence-electron chi connectivity index (χ2n) is 5.80. The number of aromatic amines is 1. The number of amides is 1. The van der Waals surface area contributed by atoms with E-state index in [1.54, 1.807) is 19.9 Å². The van der Waals surface area contributed by atoms with E-state index in [1.807, 2.05) is 6.92 Å². The minimum absolute atomic E-state index is 0.00131. The highest BCUT2D eigenvalue weighted by Crippen LogP contribution is 2.28. The molecule has 0 radical (unpaired) electrons. The minimum Gasteiger partial charge on any atom is -0.310 e. The predicted molar refractivity (Wildman–Crippen MR) is 82.2 cm³/mol. The lowest BCUT2D eigenvalue weighted by Crippen LogP contribution is -2.29. The molecule has 0 aromatic carbocycles. The summed E-state index contributed by atoms with van der Waals surface area (Å²) in [6, 6.07) is 1.77. The van der Waals surface area contributed by atoms with Crippen LogP contribution in [0.4, 0.5) is 5.82 Å². The molecule has 1 aliphatic carbocycles. The number of carbonyl (C=O) groups excluding carboxylic acids is 1. The molecule has 116 valence electrons. The highest BCUT2D eigenvalue weighted by atomic mass is 16.2. The van der Waals surface area contributed by atoms with Crippen LogP contribution in [0.5, 0.6) is 0 Å². The standard InChI is InChI=1S/C15H19N5O2/c1-8-7-12(17-14(22)11-5-4-6-11)20(19-8)15-16-10(3)9(2)13(21)18-15/h7,11H,4-6H2,1-3H3,(H,17,22)(H,16,18,21). The van der Waals surface area contributed by atoms with E-state index in [4.69, 9.17) is 0 Å². The number of aryl methyl sites for hydroxylation is 2. The van der Waals surface area contributed by atoms with Gasteiger partial charge in [-0.3, -0.25) is 14.6 Å². The van der Waals surface area contributed by atoms with Crippen LogP contribution in [0.15, 0.2) is 10.9 Å². The number of rotatable bonds is 3. The molecule has 1 aliphatic rings. The molecule has 0 unspecified atom stereocenters. The van der Waals surface area contributed by atoms with Crippen LogP contribution >= 0.6 is 0 Å². The van der Waals surface area contributed by atoms with Crippen molar-refractivity contribution < 1.29 is 4.79 Å². The fourth-order valence-electron chi connectivity index (χ4n) is 2.38. The van der Waals surface area contributed by atoms with Gasteiger partial charge in [0.25, 0.3) is 5.56 Å². The van der Waals surface area contributed by atoms with Crippen molar-refractivity contribution in [2.24, 2.45) is 5.92 Å². The third kappa shape index (κ3) is 2.54. The first-order valence-electron chi connectivity index (χ1n) is 7.41. The molecule has 22 heavy (non-hydrogen) atoms. The number of aromatic nitrogens is 4. The second-order valence-corrected chi connectivity index (χ2v) is 5.80. The Morgan fingerprint density at radius 3 is 2.68 bits per heavy atom. The summed E-state index contributed by atoms with van der Waals surface area (Å²) >= 11 is 0. The van der Waals surface area contributed by atoms with Crippen LogP contribution in [0.1, 0.15) is 36.2 Å². The molecule has 3 rings (SSSR count). The molecule has 0 saturated heterocycles. The van der Waals surface area contributed by atoms with E-state index in [-0.39, 0.29) is 17.4 Å². The third-order valence-electron chi connectivity index (χ3n) is 4.14. The minimum atomic E-state index is -0.202. The van der Waals surface area contributed by atoms with E-state index in [2.05, 4.69) is 20.4 Å². The summed E-state index contributed by atoms with van der Waals surface area (Å²) in [6.07, 6.45) is 2.96. The molecule has 0 aliphatic heterocycles. The van der Waals surface area contributed by atoms with E-state index >= 15 is 0 Å². The Labute approximate surface area is 127 Å². The second kappa shape index (κ2) is 5.40. The quantitative estimate of drug-likeness (QED) is 0.901. The van der Waals surface area contributed by atoms with Crippen LogP contribution in [0.2, 0.25) is 0 Å². The Kier molecular flexibility index (Phi) is 3.56. The molecule has 7 nitrogen and oxygen atoms in total. The molecule has 0 spiro atoms. The normalized spacial score (nSPS) is 14.7. The summed E-state index contributed by atoms with van der Waals surface area (Å²) in [5.41, 5.74) is 1.76. The lowest BCUT2D eigenvalue weighted by atomic mass is 9.85. The van der Waals surface area contributed by atoms with Crippen LogP contribution < -0.4 is 10.9 Å². The van der Waals surface area contributed by atoms with Gasteiger partial charge in [0.05, 0.1) is 5.69 Å². The Hall–Kier alpha value is -2.44. The summed E-state index contributed by atoms with van der Waals surface area (Å²) in [6.45, 7) is 5.32. The number of nitrogens with one attached hydrogen (secondary N) is 2. The number of anilines is 1. The van der Waals surface area contributed by atoms with Crippen molar-refractivity contribution in [3.8, 4) is 5.95 Å². The number of hydrogen-bond acceptors (Lipinski definition) is 4. The van der Waals surface area contributed by atoms with Gasteiger partial charge in [0, 0.05) is 23.2 Å². The van der Waals surface area contributed by atoms with Gasteiger partial charge >= 0.3 is 0 Å². The molecule has 0 atom stereocenters. The molecule has 2 heterocycles. The van der Waals surface area contributed by atoms with Gasteiger partial charge in [0.1, 0.15) is 5.82 Å². The summed E-state index contributed by atoms with van der Waals surface area (Å²) in [5, 5.41) is 7.20. The van der Waals surface area contributed by atoms with Gasteiger partial charge in [-0.15, -0.1) is 0 Å². The van der Waals surface area contributed by atoms with Crippen molar-refractivity contribution in [1.29, 1.82) is 0 Å². The molecule has 2 aromatic rings. The molecular formula is C15H19N5O2. The smallest absolute Gasteiger partial charge is 0.255 e. The molecular weight excluding hydrogens is 282 g/mol. The Balaban J connectivity index is 1.97. The Bertz CT molecular complexity index is 786. The third-order valence-corrected chi connectivity index (χ3v) is 4.14. The number of hydrogen-bond donors (Lipinski definition) is 2. The van der Waals surface area contributed by atoms with Gasteiger partial charge in [0.15, 0.2) is 0 Å². The number of nitrogens with zero attached hydrogens (tertiary/aromatic N) is 3. The van der Waals surface area contributed by atoms with Crippen LogP contribution in [0, 0.1) is 26.7 Å². The van der Waals surface area contributed by atoms with Gasteiger partial charge in [-0.25, -0.2) is 4.98 Å². The summed E-state index contributed by atoms with van der Waals surface area (Å²) in [5.74, 6) is 0.917. The largest absolute Gasteiger partial charge is 0.310 e. The first-order valence-corrected chi connectivity index (χ1v) is 7.41. The highest BCUT2D eigenvalue weighted by Gasteiger charge is 2.26. The van der Waals surface area contributed by atoms with E-state index in [1.165, 1.54) is 4.68 Å². The molecule has 1 saturated carbocycles. The average Bonchev–Trinajstić information content (AvgIpc) is 2.74. The highest BCUT2D eigenvalue weighted by molar-refractivity contribution is 5.92. The maximum absolute atomic E-state index is 12.1. The van der Waals surface area contributed by atoms with Crippen molar-refractivity contribution >= 4 is 11.7 Å². The topological polar surface area (TPSA) is 92.7 Å². The molecule has 1 fully saturated rings. The van der Waals surface area contributed by atoms with Crippen molar-refractivity contribution in [2.45, 2.75) is 40.0 Å². The summed E-state index contributed by atoms with van der Waals surface area (Å²) < 4.78 is 1.47. The molecule has 1 amide bonds. The molecule has 2 N–H and O–H groups in total. The summed E-state index contributed by atoms with van der Waals surface area (Å²) in [7, 11) is 0. The van der Waals surface area contributed by atoms with Gasteiger partial charge in [-0.1, -0.05) is 6.42 Å². The summed E-state index contributed by atoms with van der Waals surface area (Å²) in [4.78, 5) is 31.1. The number of H-pyrrole nitrogens is 1. The van der Waals surface area contributed by atoms with E-state index in [9.17, 15) is 9.59 Å². The lowest BCUT2D eigenvalue weighted by molar-refractivity contribution is -0.122. The van der Waals surface area contributed by atoms with Crippen LogP contribution in [-0.2, 0) is 4.79 Å². The van der Waals surface area contributed by atoms with Crippen LogP contribution in [0.3, 0.4) is 0 Å². The molecule has 7 heteroatoms. The van der Waals surface area contributed by atoms with E-state index < -0.39 is 0 Å². The van der Waals surface area contributed by atoms with Gasteiger partial charge in [-0.2, -0.15) is 9.78 Å². The maximum atomic E-state index is 12.1. The zero-order valence-electron chi connectivity index (χ0n) is 12.9. The first-order chi connectivity index (χ1) is 10.5. The maximum Gasteiger partial charge on any atom is 0.255 e. The Morgan fingerprint density at radius 2 is 2.09 bits per heavy atom. The lowest BCUT2D eigenvalue weighted by Gasteiger charge is -2.24. The molecule has 2 aromatic heterocycles. The van der Waals surface area contributed by atoms with Gasteiger partial charge in [0.2, 0.25) is 11.9 Å². The monoisotopic (exact) mass is 301 g/mol. The number of carbonyl (C=O) groups is 1. The van der Waals surface area contributed by atoms with Crippen molar-refractivity contribution in [1.82, 2.24) is 19.7 Å². The van der Waals surface area contributed by atoms with Crippen molar-refractivity contribution in [2.75, 3.05) is 5.32 Å². The van der Waals surface area contributed by atoms with Crippen molar-refractivity contribution in [3.63, 3.8) is 0 Å². The van der Waals surface area contributed by atoms with Gasteiger partial charge in [-0.05, 0) is 33.6 Å². The fourth-order valence-corrected chi connectivity index (χ4v) is 2.38. The van der Waals surface area contributed by atoms with E-state index in [0.29, 0.717) is 23.0 Å². The zero-order chi connectivity index (χ0) is 15.9. The zero-order valence-corrected chi connectivity index (χ0v) is 12.9. The predicted octanol–water partition coefficient (Wildman–Crippen LogP) is 1.62. The van der Waals surface area contributed by atoms with Crippen molar-refractivity contribution in [3.05, 3.63) is 33.4 Å². The van der Waals surface area contributed by atoms with Gasteiger partial charge < -0.3 is 5.32 Å². The van der Waals surface area contributed by atoms with Crippen LogP contribution in [0.25, 0.3) is 5.95 Å². The van der Waals surface area contributed by atoms with Crippen LogP contribution in [-0.4, -0.2) is 25.7 Å². The fraction of sp³-hybridized carbons (Fsp3) is 0.467.